The number of halogens is 2. The van der Waals surface area contributed by atoms with Crippen molar-refractivity contribution in [2.75, 3.05) is 26.2 Å². The maximum atomic E-state index is 5.62. The van der Waals surface area contributed by atoms with Crippen LogP contribution in [0.15, 0.2) is 22.8 Å². The molecule has 18 heavy (non-hydrogen) atoms. The van der Waals surface area contributed by atoms with Gasteiger partial charge < -0.3 is 9.73 Å². The normalized spacial score (nSPS) is 21.8. The zero-order valence-electron chi connectivity index (χ0n) is 10.5. The SMILES string of the molecule is Cl.Cl.c1coc([C@H](CC2CC2)N2CCNCC2)c1. The highest BCUT2D eigenvalue weighted by atomic mass is 35.5. The summed E-state index contributed by atoms with van der Waals surface area (Å²) in [4.78, 5) is 2.58. The van der Waals surface area contributed by atoms with E-state index < -0.39 is 0 Å². The van der Waals surface area contributed by atoms with E-state index in [1.807, 2.05) is 6.07 Å². The summed E-state index contributed by atoms with van der Waals surface area (Å²) in [5.41, 5.74) is 0. The molecule has 0 unspecified atom stereocenters. The average molecular weight is 293 g/mol. The topological polar surface area (TPSA) is 28.4 Å². The van der Waals surface area contributed by atoms with E-state index in [2.05, 4.69) is 16.3 Å². The Bertz CT molecular complexity index is 322. The Labute approximate surface area is 121 Å². The van der Waals surface area contributed by atoms with Gasteiger partial charge in [-0.15, -0.1) is 24.8 Å². The second-order valence-corrected chi connectivity index (χ2v) is 5.00. The lowest BCUT2D eigenvalue weighted by Gasteiger charge is -2.33. The Balaban J connectivity index is 0.000000810. The molecule has 1 atom stereocenters. The molecule has 0 bridgehead atoms. The summed E-state index contributed by atoms with van der Waals surface area (Å²) in [6.07, 6.45) is 5.93. The first-order chi connectivity index (χ1) is 7.93. The molecule has 0 radical (unpaired) electrons. The van der Waals surface area contributed by atoms with Gasteiger partial charge in [0.2, 0.25) is 0 Å². The maximum Gasteiger partial charge on any atom is 0.120 e. The molecule has 1 aromatic rings. The molecule has 3 nitrogen and oxygen atoms in total. The summed E-state index contributed by atoms with van der Waals surface area (Å²) < 4.78 is 5.62. The van der Waals surface area contributed by atoms with Crippen molar-refractivity contribution >= 4 is 24.8 Å². The van der Waals surface area contributed by atoms with Gasteiger partial charge in [0.15, 0.2) is 0 Å². The number of furan rings is 1. The van der Waals surface area contributed by atoms with Crippen molar-refractivity contribution in [2.24, 2.45) is 5.92 Å². The van der Waals surface area contributed by atoms with Crippen molar-refractivity contribution in [3.05, 3.63) is 24.2 Å². The largest absolute Gasteiger partial charge is 0.468 e. The zero-order chi connectivity index (χ0) is 10.8. The minimum Gasteiger partial charge on any atom is -0.468 e. The lowest BCUT2D eigenvalue weighted by molar-refractivity contribution is 0.142. The highest BCUT2D eigenvalue weighted by Crippen LogP contribution is 2.40. The van der Waals surface area contributed by atoms with Crippen LogP contribution in [0.25, 0.3) is 0 Å². The van der Waals surface area contributed by atoms with Crippen LogP contribution >= 0.6 is 24.8 Å². The molecule has 1 saturated heterocycles. The molecule has 0 spiro atoms. The minimum atomic E-state index is 0. The number of piperazine rings is 1. The third kappa shape index (κ3) is 3.89. The number of rotatable bonds is 4. The molecule has 1 aliphatic carbocycles. The van der Waals surface area contributed by atoms with Crippen molar-refractivity contribution < 1.29 is 4.42 Å². The molecule has 1 aromatic heterocycles. The van der Waals surface area contributed by atoms with Gasteiger partial charge in [-0.3, -0.25) is 4.90 Å². The first kappa shape index (κ1) is 15.8. The fourth-order valence-corrected chi connectivity index (χ4v) is 2.59. The van der Waals surface area contributed by atoms with Gasteiger partial charge in [-0.1, -0.05) is 12.8 Å². The van der Waals surface area contributed by atoms with Crippen LogP contribution in [0.2, 0.25) is 0 Å². The molecular formula is C13H22Cl2N2O. The molecule has 3 rings (SSSR count). The minimum absolute atomic E-state index is 0. The lowest BCUT2D eigenvalue weighted by Crippen LogP contribution is -2.45. The van der Waals surface area contributed by atoms with Crippen LogP contribution < -0.4 is 5.32 Å². The quantitative estimate of drug-likeness (QED) is 0.925. The molecule has 2 aliphatic rings. The first-order valence-corrected chi connectivity index (χ1v) is 6.41. The van der Waals surface area contributed by atoms with E-state index in [4.69, 9.17) is 4.42 Å². The average Bonchev–Trinajstić information content (AvgIpc) is 3.00. The monoisotopic (exact) mass is 292 g/mol. The van der Waals surface area contributed by atoms with Crippen LogP contribution in [-0.4, -0.2) is 31.1 Å². The fourth-order valence-electron chi connectivity index (χ4n) is 2.59. The number of nitrogens with one attached hydrogen (secondary N) is 1. The molecule has 1 saturated carbocycles. The summed E-state index contributed by atoms with van der Waals surface area (Å²) in [5.74, 6) is 2.11. The Morgan fingerprint density at radius 3 is 2.56 bits per heavy atom. The van der Waals surface area contributed by atoms with Gasteiger partial charge in [0.25, 0.3) is 0 Å². The molecular weight excluding hydrogens is 271 g/mol. The second-order valence-electron chi connectivity index (χ2n) is 5.00. The van der Waals surface area contributed by atoms with Gasteiger partial charge in [0.1, 0.15) is 5.76 Å². The first-order valence-electron chi connectivity index (χ1n) is 6.41. The van der Waals surface area contributed by atoms with Crippen LogP contribution in [0.3, 0.4) is 0 Å². The van der Waals surface area contributed by atoms with E-state index in [0.717, 1.165) is 37.9 Å². The van der Waals surface area contributed by atoms with E-state index in [0.29, 0.717) is 6.04 Å². The van der Waals surface area contributed by atoms with Crippen LogP contribution in [0.5, 0.6) is 0 Å². The molecule has 2 heterocycles. The van der Waals surface area contributed by atoms with Gasteiger partial charge in [-0.25, -0.2) is 0 Å². The number of nitrogens with zero attached hydrogens (tertiary/aromatic N) is 1. The summed E-state index contributed by atoms with van der Waals surface area (Å²) in [7, 11) is 0. The summed E-state index contributed by atoms with van der Waals surface area (Å²) in [5, 5.41) is 3.41. The van der Waals surface area contributed by atoms with E-state index in [9.17, 15) is 0 Å². The van der Waals surface area contributed by atoms with Crippen LogP contribution in [0.4, 0.5) is 0 Å². The molecule has 0 aromatic carbocycles. The van der Waals surface area contributed by atoms with E-state index in [-0.39, 0.29) is 24.8 Å². The number of hydrogen-bond acceptors (Lipinski definition) is 3. The van der Waals surface area contributed by atoms with Crippen molar-refractivity contribution in [3.8, 4) is 0 Å². The maximum absolute atomic E-state index is 5.62. The predicted molar refractivity (Wildman–Crippen MR) is 77.7 cm³/mol. The molecule has 1 aliphatic heterocycles. The number of hydrogen-bond donors (Lipinski definition) is 1. The lowest BCUT2D eigenvalue weighted by atomic mass is 10.1. The van der Waals surface area contributed by atoms with Gasteiger partial charge in [-0.05, 0) is 24.5 Å². The third-order valence-corrected chi connectivity index (χ3v) is 3.72. The van der Waals surface area contributed by atoms with Gasteiger partial charge in [0.05, 0.1) is 12.3 Å². The van der Waals surface area contributed by atoms with Crippen LogP contribution in [-0.2, 0) is 0 Å². The zero-order valence-corrected chi connectivity index (χ0v) is 12.1. The summed E-state index contributed by atoms with van der Waals surface area (Å²) >= 11 is 0. The molecule has 104 valence electrons. The molecule has 2 fully saturated rings. The van der Waals surface area contributed by atoms with Crippen molar-refractivity contribution in [1.82, 2.24) is 10.2 Å². The molecule has 0 amide bonds. The van der Waals surface area contributed by atoms with Crippen LogP contribution in [0.1, 0.15) is 31.1 Å². The Kier molecular flexibility index (Phi) is 6.50. The van der Waals surface area contributed by atoms with Gasteiger partial charge in [-0.2, -0.15) is 0 Å². The summed E-state index contributed by atoms with van der Waals surface area (Å²) in [6.45, 7) is 4.53. The third-order valence-electron chi connectivity index (χ3n) is 3.72. The van der Waals surface area contributed by atoms with Gasteiger partial charge in [0, 0.05) is 26.2 Å². The Morgan fingerprint density at radius 1 is 1.28 bits per heavy atom. The van der Waals surface area contributed by atoms with Gasteiger partial charge >= 0.3 is 0 Å². The van der Waals surface area contributed by atoms with Crippen molar-refractivity contribution in [3.63, 3.8) is 0 Å². The van der Waals surface area contributed by atoms with E-state index in [1.54, 1.807) is 6.26 Å². The molecule has 1 N–H and O–H groups in total. The second kappa shape index (κ2) is 7.39. The van der Waals surface area contributed by atoms with E-state index in [1.165, 1.54) is 19.3 Å². The smallest absolute Gasteiger partial charge is 0.120 e. The van der Waals surface area contributed by atoms with Crippen molar-refractivity contribution in [2.45, 2.75) is 25.3 Å². The predicted octanol–water partition coefficient (Wildman–Crippen LogP) is 2.87. The highest BCUT2D eigenvalue weighted by molar-refractivity contribution is 5.85. The molecule has 5 heteroatoms. The summed E-state index contributed by atoms with van der Waals surface area (Å²) in [6, 6.07) is 4.66. The fraction of sp³-hybridized carbons (Fsp3) is 0.692. The Hall–Kier alpha value is -0.220. The van der Waals surface area contributed by atoms with Crippen molar-refractivity contribution in [1.29, 1.82) is 0 Å². The standard InChI is InChI=1S/C13H20N2O.2ClH/c1-2-13(16-9-1)12(10-11-3-4-11)15-7-5-14-6-8-15;;/h1-2,9,11-12,14H,3-8,10H2;2*1H/t12-;;/m0../s1. The van der Waals surface area contributed by atoms with Crippen LogP contribution in [0, 0.1) is 5.92 Å². The highest BCUT2D eigenvalue weighted by Gasteiger charge is 2.31. The Morgan fingerprint density at radius 2 is 2.00 bits per heavy atom. The van der Waals surface area contributed by atoms with E-state index >= 15 is 0 Å².